The number of phosphoric acid groups is 2. The minimum atomic E-state index is -4.96. The van der Waals surface area contributed by atoms with Crippen LogP contribution in [-0.2, 0) is 65.4 Å². The largest absolute Gasteiger partial charge is 0.472 e. The van der Waals surface area contributed by atoms with E-state index in [4.69, 9.17) is 37.0 Å². The molecule has 0 aromatic carbocycles. The first-order valence-corrected chi connectivity index (χ1v) is 46.1. The number of esters is 4. The first kappa shape index (κ1) is 100. The lowest BCUT2D eigenvalue weighted by atomic mass is 10.0. The van der Waals surface area contributed by atoms with Gasteiger partial charge in [-0.15, -0.1) is 0 Å². The van der Waals surface area contributed by atoms with Crippen LogP contribution in [0.3, 0.4) is 0 Å². The normalized spacial score (nSPS) is 13.8. The molecule has 0 saturated heterocycles. The first-order valence-electron chi connectivity index (χ1n) is 43.1. The number of ether oxygens (including phenoxy) is 4. The van der Waals surface area contributed by atoms with Crippen molar-refractivity contribution >= 4 is 39.5 Å². The van der Waals surface area contributed by atoms with Crippen LogP contribution in [0.15, 0.2) is 0 Å². The molecule has 0 saturated carbocycles. The van der Waals surface area contributed by atoms with Gasteiger partial charge in [-0.25, -0.2) is 9.13 Å². The van der Waals surface area contributed by atoms with Crippen LogP contribution in [0.5, 0.6) is 0 Å². The van der Waals surface area contributed by atoms with Gasteiger partial charge in [-0.05, 0) is 31.6 Å². The molecular formula is C83H162O17P2. The Morgan fingerprint density at radius 2 is 0.451 bits per heavy atom. The van der Waals surface area contributed by atoms with Crippen molar-refractivity contribution in [3.63, 3.8) is 0 Å². The molecule has 0 spiro atoms. The predicted molar refractivity (Wildman–Crippen MR) is 418 cm³/mol. The molecule has 17 nitrogen and oxygen atoms in total. The van der Waals surface area contributed by atoms with Gasteiger partial charge in [0.15, 0.2) is 12.2 Å². The molecule has 0 fully saturated rings. The van der Waals surface area contributed by atoms with Gasteiger partial charge in [-0.2, -0.15) is 0 Å². The van der Waals surface area contributed by atoms with Crippen molar-refractivity contribution in [2.45, 2.75) is 464 Å². The number of phosphoric ester groups is 2. The molecule has 0 aliphatic carbocycles. The van der Waals surface area contributed by atoms with Crippen molar-refractivity contribution in [1.82, 2.24) is 0 Å². The van der Waals surface area contributed by atoms with E-state index in [2.05, 4.69) is 34.6 Å². The molecule has 5 atom stereocenters. The summed E-state index contributed by atoms with van der Waals surface area (Å²) in [5, 5.41) is 10.7. The van der Waals surface area contributed by atoms with Crippen molar-refractivity contribution in [3.05, 3.63) is 0 Å². The van der Waals surface area contributed by atoms with Crippen LogP contribution >= 0.6 is 15.6 Å². The lowest BCUT2D eigenvalue weighted by Crippen LogP contribution is -2.30. The monoisotopic (exact) mass is 1490 g/mol. The topological polar surface area (TPSA) is 237 Å². The molecule has 0 rings (SSSR count). The van der Waals surface area contributed by atoms with E-state index in [0.29, 0.717) is 25.7 Å². The summed E-state index contributed by atoms with van der Waals surface area (Å²) in [6.45, 7) is 7.38. The molecule has 0 heterocycles. The number of unbranched alkanes of at least 4 members (excludes halogenated alkanes) is 55. The second-order valence-corrected chi connectivity index (χ2v) is 33.3. The third-order valence-corrected chi connectivity index (χ3v) is 21.4. The minimum absolute atomic E-state index is 0.109. The van der Waals surface area contributed by atoms with Gasteiger partial charge < -0.3 is 33.8 Å². The maximum absolute atomic E-state index is 13.1. The number of hydrogen-bond acceptors (Lipinski definition) is 15. The first-order chi connectivity index (χ1) is 49.5. The minimum Gasteiger partial charge on any atom is -0.462 e. The Labute approximate surface area is 626 Å². The molecule has 3 N–H and O–H groups in total. The van der Waals surface area contributed by atoms with Crippen molar-refractivity contribution in [1.29, 1.82) is 0 Å². The van der Waals surface area contributed by atoms with Crippen molar-refractivity contribution in [2.24, 2.45) is 5.92 Å². The molecule has 0 aliphatic heterocycles. The van der Waals surface area contributed by atoms with Crippen LogP contribution in [0.25, 0.3) is 0 Å². The quantitative estimate of drug-likeness (QED) is 0.0222. The summed E-state index contributed by atoms with van der Waals surface area (Å²) in [7, 11) is -9.92. The van der Waals surface area contributed by atoms with Gasteiger partial charge in [-0.1, -0.05) is 394 Å². The van der Waals surface area contributed by atoms with Crippen LogP contribution in [0, 0.1) is 5.92 Å². The molecule has 0 amide bonds. The Kier molecular flexibility index (Phi) is 74.4. The summed E-state index contributed by atoms with van der Waals surface area (Å²) in [6, 6.07) is 0. The smallest absolute Gasteiger partial charge is 0.462 e. The highest BCUT2D eigenvalue weighted by Gasteiger charge is 2.30. The van der Waals surface area contributed by atoms with Crippen LogP contribution in [0.1, 0.15) is 446 Å². The van der Waals surface area contributed by atoms with Gasteiger partial charge in [0.1, 0.15) is 19.3 Å². The van der Waals surface area contributed by atoms with E-state index in [9.17, 15) is 43.2 Å². The molecule has 0 aliphatic rings. The molecule has 0 aromatic heterocycles. The number of hydrogen-bond donors (Lipinski definition) is 3. The van der Waals surface area contributed by atoms with E-state index in [-0.39, 0.29) is 25.7 Å². The highest BCUT2D eigenvalue weighted by atomic mass is 31.2. The molecule has 0 bridgehead atoms. The van der Waals surface area contributed by atoms with Gasteiger partial charge in [0, 0.05) is 25.7 Å². The van der Waals surface area contributed by atoms with Crippen LogP contribution in [0.2, 0.25) is 0 Å². The van der Waals surface area contributed by atoms with Gasteiger partial charge in [-0.3, -0.25) is 37.3 Å². The summed E-state index contributed by atoms with van der Waals surface area (Å²) in [4.78, 5) is 73.1. The zero-order valence-electron chi connectivity index (χ0n) is 66.8. The predicted octanol–water partition coefficient (Wildman–Crippen LogP) is 25.2. The fraction of sp³-hybridized carbons (Fsp3) is 0.952. The Morgan fingerprint density at radius 1 is 0.265 bits per heavy atom. The van der Waals surface area contributed by atoms with E-state index >= 15 is 0 Å². The number of aliphatic hydroxyl groups excluding tert-OH is 1. The maximum atomic E-state index is 13.1. The highest BCUT2D eigenvalue weighted by Crippen LogP contribution is 2.45. The fourth-order valence-electron chi connectivity index (χ4n) is 12.9. The number of carbonyl (C=O) groups is 4. The van der Waals surface area contributed by atoms with Gasteiger partial charge >= 0.3 is 39.5 Å². The highest BCUT2D eigenvalue weighted by molar-refractivity contribution is 7.47. The summed E-state index contributed by atoms with van der Waals surface area (Å²) < 4.78 is 68.8. The van der Waals surface area contributed by atoms with E-state index in [1.165, 1.54) is 270 Å². The molecule has 0 radical (unpaired) electrons. The zero-order chi connectivity index (χ0) is 74.8. The van der Waals surface area contributed by atoms with E-state index in [0.717, 1.165) is 95.8 Å². The maximum Gasteiger partial charge on any atom is 0.472 e. The molecule has 102 heavy (non-hydrogen) atoms. The molecule has 19 heteroatoms. The summed E-state index contributed by atoms with van der Waals surface area (Å²) >= 11 is 0. The molecule has 2 unspecified atom stereocenters. The number of carbonyl (C=O) groups excluding carboxylic acids is 4. The van der Waals surface area contributed by atoms with E-state index < -0.39 is 97.5 Å². The number of rotatable bonds is 83. The van der Waals surface area contributed by atoms with Gasteiger partial charge in [0.05, 0.1) is 26.4 Å². The van der Waals surface area contributed by atoms with Crippen molar-refractivity contribution in [3.8, 4) is 0 Å². The second-order valence-electron chi connectivity index (χ2n) is 30.3. The lowest BCUT2D eigenvalue weighted by Gasteiger charge is -2.21. The van der Waals surface area contributed by atoms with Gasteiger partial charge in [0.2, 0.25) is 0 Å². The second kappa shape index (κ2) is 75.9. The summed E-state index contributed by atoms with van der Waals surface area (Å²) in [5.41, 5.74) is 0. The summed E-state index contributed by atoms with van der Waals surface area (Å²) in [6.07, 6.45) is 67.9. The molecular weight excluding hydrogens is 1330 g/mol. The average molecular weight is 1490 g/mol. The van der Waals surface area contributed by atoms with Crippen molar-refractivity contribution in [2.75, 3.05) is 39.6 Å². The Balaban J connectivity index is 5.22. The molecule has 606 valence electrons. The Hall–Kier alpha value is -1.94. The standard InChI is InChI=1S/C83H162O17P2/c1-6-9-12-15-18-21-24-26-28-35-38-42-47-52-57-62-67-81(86)94-73-79(100-83(88)69-64-59-54-49-44-40-36-32-30-29-31-34-37-41-45-50-55-60-65-76(4)5)75-98-102(91,92)96-71-77(84)70-95-101(89,90)97-74-78(72-93-80(85)66-61-56-51-46-23-20-17-14-11-8-3)99-82(87)68-63-58-53-48-43-39-33-27-25-22-19-16-13-10-7-2/h76-79,84H,6-75H2,1-5H3,(H,89,90)(H,91,92)/t77-,78+,79+/m0/s1. The van der Waals surface area contributed by atoms with Crippen LogP contribution < -0.4 is 0 Å². The average Bonchev–Trinajstić information content (AvgIpc) is 1.13. The Morgan fingerprint density at radius 3 is 0.667 bits per heavy atom. The third-order valence-electron chi connectivity index (χ3n) is 19.5. The summed E-state index contributed by atoms with van der Waals surface area (Å²) in [5.74, 6) is -1.28. The van der Waals surface area contributed by atoms with Crippen LogP contribution in [0.4, 0.5) is 0 Å². The van der Waals surface area contributed by atoms with E-state index in [1.54, 1.807) is 0 Å². The van der Waals surface area contributed by atoms with E-state index in [1.807, 2.05) is 0 Å². The van der Waals surface area contributed by atoms with Crippen molar-refractivity contribution < 1.29 is 80.2 Å². The Bertz CT molecular complexity index is 1940. The fourth-order valence-corrected chi connectivity index (χ4v) is 14.5. The van der Waals surface area contributed by atoms with Crippen LogP contribution in [-0.4, -0.2) is 96.7 Å². The number of aliphatic hydroxyl groups is 1. The van der Waals surface area contributed by atoms with Gasteiger partial charge in [0.25, 0.3) is 0 Å². The molecule has 0 aromatic rings. The zero-order valence-corrected chi connectivity index (χ0v) is 68.5. The SMILES string of the molecule is CCCCCCCCCCCCCCCCCCC(=O)OC[C@H](COP(=O)(O)OC[C@@H](O)COP(=O)(O)OC[C@@H](COC(=O)CCCCCCCCCCCC)OC(=O)CCCCCCCCCCCCCCCCC)OC(=O)CCCCCCCCCCCCCCCCCCCCC(C)C. The lowest BCUT2D eigenvalue weighted by molar-refractivity contribution is -0.161. The third kappa shape index (κ3) is 76.3.